The van der Waals surface area contributed by atoms with Gasteiger partial charge in [-0.05, 0) is 50.8 Å². The average molecular weight is 412 g/mol. The first-order valence-corrected chi connectivity index (χ1v) is 10.1. The lowest BCUT2D eigenvalue weighted by Gasteiger charge is -2.33. The highest BCUT2D eigenvalue weighted by Crippen LogP contribution is 2.16. The number of furan rings is 1. The second-order valence-corrected chi connectivity index (χ2v) is 7.62. The van der Waals surface area contributed by atoms with Crippen LogP contribution in [-0.2, 0) is 4.79 Å². The van der Waals surface area contributed by atoms with E-state index in [4.69, 9.17) is 4.42 Å². The molecule has 8 nitrogen and oxygen atoms in total. The van der Waals surface area contributed by atoms with Gasteiger partial charge in [0.05, 0.1) is 18.4 Å². The summed E-state index contributed by atoms with van der Waals surface area (Å²) in [6, 6.07) is 8.91. The Labute approximate surface area is 176 Å². The van der Waals surface area contributed by atoms with Crippen molar-refractivity contribution in [2.45, 2.75) is 26.7 Å². The Balaban J connectivity index is 1.41. The van der Waals surface area contributed by atoms with E-state index >= 15 is 0 Å². The highest BCUT2D eigenvalue weighted by molar-refractivity contribution is 5.97. The molecular weight excluding hydrogens is 384 g/mol. The van der Waals surface area contributed by atoms with Crippen LogP contribution in [0.25, 0.3) is 0 Å². The Morgan fingerprint density at radius 1 is 1.10 bits per heavy atom. The molecule has 1 aromatic carbocycles. The fourth-order valence-corrected chi connectivity index (χ4v) is 3.49. The van der Waals surface area contributed by atoms with Crippen molar-refractivity contribution in [3.05, 3.63) is 53.5 Å². The minimum atomic E-state index is -0.322. The molecule has 30 heavy (non-hydrogen) atoms. The zero-order valence-corrected chi connectivity index (χ0v) is 17.4. The molecule has 4 amide bonds. The van der Waals surface area contributed by atoms with E-state index in [1.54, 1.807) is 17.9 Å². The highest BCUT2D eigenvalue weighted by Gasteiger charge is 2.24. The summed E-state index contributed by atoms with van der Waals surface area (Å²) in [7, 11) is 0. The Hall–Kier alpha value is -3.29. The van der Waals surface area contributed by atoms with E-state index in [2.05, 4.69) is 16.0 Å². The van der Waals surface area contributed by atoms with E-state index in [1.807, 2.05) is 31.2 Å². The van der Waals surface area contributed by atoms with Crippen LogP contribution in [0, 0.1) is 19.8 Å². The lowest BCUT2D eigenvalue weighted by molar-refractivity contribution is -0.131. The third-order valence-electron chi connectivity index (χ3n) is 5.24. The number of aryl methyl sites for hydroxylation is 2. The number of benzene rings is 1. The minimum Gasteiger partial charge on any atom is -0.469 e. The molecule has 2 aromatic rings. The fraction of sp³-hybridized carbons (Fsp3) is 0.409. The van der Waals surface area contributed by atoms with Crippen LogP contribution in [0.15, 0.2) is 41.0 Å². The molecule has 1 unspecified atom stereocenters. The molecule has 0 aliphatic carbocycles. The van der Waals surface area contributed by atoms with Gasteiger partial charge in [-0.2, -0.15) is 0 Å². The predicted molar refractivity (Wildman–Crippen MR) is 113 cm³/mol. The van der Waals surface area contributed by atoms with E-state index < -0.39 is 0 Å². The van der Waals surface area contributed by atoms with Crippen LogP contribution in [-0.4, -0.2) is 48.9 Å². The van der Waals surface area contributed by atoms with Crippen molar-refractivity contribution in [1.29, 1.82) is 0 Å². The second kappa shape index (κ2) is 9.96. The first-order chi connectivity index (χ1) is 14.4. The molecule has 1 atom stereocenters. The number of amides is 4. The molecule has 8 heteroatoms. The molecule has 3 N–H and O–H groups in total. The molecule has 1 aliphatic rings. The minimum absolute atomic E-state index is 0.0580. The molecule has 0 spiro atoms. The number of likely N-dealkylation sites (tertiary alicyclic amines) is 1. The summed E-state index contributed by atoms with van der Waals surface area (Å²) >= 11 is 0. The Bertz CT molecular complexity index is 891. The summed E-state index contributed by atoms with van der Waals surface area (Å²) in [6.07, 6.45) is 3.25. The van der Waals surface area contributed by atoms with Gasteiger partial charge in [0.25, 0.3) is 5.91 Å². The normalized spacial score (nSPS) is 16.1. The Kier molecular flexibility index (Phi) is 7.11. The molecule has 1 aromatic heterocycles. The van der Waals surface area contributed by atoms with E-state index in [0.717, 1.165) is 24.1 Å². The molecule has 1 fully saturated rings. The quantitative estimate of drug-likeness (QED) is 0.679. The third-order valence-corrected chi connectivity index (χ3v) is 5.24. The number of rotatable bonds is 6. The summed E-state index contributed by atoms with van der Waals surface area (Å²) in [4.78, 5) is 38.5. The first kappa shape index (κ1) is 21.4. The predicted octanol–water partition coefficient (Wildman–Crippen LogP) is 2.69. The van der Waals surface area contributed by atoms with Gasteiger partial charge in [0, 0.05) is 25.3 Å². The monoisotopic (exact) mass is 412 g/mol. The van der Waals surface area contributed by atoms with Crippen LogP contribution in [0.2, 0.25) is 0 Å². The average Bonchev–Trinajstić information content (AvgIpc) is 3.18. The van der Waals surface area contributed by atoms with E-state index in [-0.39, 0.29) is 30.3 Å². The topological polar surface area (TPSA) is 104 Å². The lowest BCUT2D eigenvalue weighted by atomic mass is 9.98. The van der Waals surface area contributed by atoms with Gasteiger partial charge >= 0.3 is 6.03 Å². The maximum atomic E-state index is 12.5. The number of nitrogens with one attached hydrogen (secondary N) is 3. The lowest BCUT2D eigenvalue weighted by Crippen LogP contribution is -2.47. The van der Waals surface area contributed by atoms with E-state index in [9.17, 15) is 14.4 Å². The number of anilines is 1. The van der Waals surface area contributed by atoms with Gasteiger partial charge in [0.2, 0.25) is 5.91 Å². The van der Waals surface area contributed by atoms with Gasteiger partial charge in [-0.25, -0.2) is 4.79 Å². The van der Waals surface area contributed by atoms with Gasteiger partial charge in [-0.3, -0.25) is 9.59 Å². The maximum Gasteiger partial charge on any atom is 0.319 e. The molecule has 1 saturated heterocycles. The number of hydrogen-bond donors (Lipinski definition) is 3. The molecule has 0 saturated carbocycles. The van der Waals surface area contributed by atoms with E-state index in [0.29, 0.717) is 31.0 Å². The van der Waals surface area contributed by atoms with Crippen LogP contribution in [0.1, 0.15) is 34.5 Å². The van der Waals surface area contributed by atoms with Crippen LogP contribution < -0.4 is 16.0 Å². The number of urea groups is 1. The number of carbonyl (C=O) groups excluding carboxylic acids is 3. The van der Waals surface area contributed by atoms with Crippen molar-refractivity contribution in [3.63, 3.8) is 0 Å². The van der Waals surface area contributed by atoms with Crippen molar-refractivity contribution in [2.75, 3.05) is 31.5 Å². The largest absolute Gasteiger partial charge is 0.469 e. The van der Waals surface area contributed by atoms with E-state index in [1.165, 1.54) is 6.26 Å². The number of carbonyl (C=O) groups is 3. The van der Waals surface area contributed by atoms with Crippen molar-refractivity contribution in [1.82, 2.24) is 15.5 Å². The van der Waals surface area contributed by atoms with Gasteiger partial charge in [0.1, 0.15) is 5.76 Å². The Morgan fingerprint density at radius 2 is 1.87 bits per heavy atom. The maximum absolute atomic E-state index is 12.5. The number of hydrogen-bond acceptors (Lipinski definition) is 4. The standard InChI is InChI=1S/C22H28N4O4/c1-15-5-7-18(8-6-15)25-22(29)24-12-17-4-3-10-26(14-17)20(27)13-23-21(28)19-9-11-30-16(19)2/h5-9,11,17H,3-4,10,12-14H2,1-2H3,(H,23,28)(H2,24,25,29). The van der Waals surface area contributed by atoms with Crippen molar-refractivity contribution in [3.8, 4) is 0 Å². The molecule has 0 bridgehead atoms. The van der Waals surface area contributed by atoms with Crippen LogP contribution in [0.3, 0.4) is 0 Å². The van der Waals surface area contributed by atoms with Crippen molar-refractivity contribution >= 4 is 23.5 Å². The summed E-state index contributed by atoms with van der Waals surface area (Å²) in [6.45, 7) is 5.34. The van der Waals surface area contributed by atoms with Crippen molar-refractivity contribution in [2.24, 2.45) is 5.92 Å². The smallest absolute Gasteiger partial charge is 0.319 e. The molecule has 1 aliphatic heterocycles. The second-order valence-electron chi connectivity index (χ2n) is 7.62. The molecular formula is C22H28N4O4. The summed E-state index contributed by atoms with van der Waals surface area (Å²) in [5.74, 6) is 0.252. The Morgan fingerprint density at radius 3 is 2.57 bits per heavy atom. The molecule has 0 radical (unpaired) electrons. The van der Waals surface area contributed by atoms with Gasteiger partial charge < -0.3 is 25.3 Å². The van der Waals surface area contributed by atoms with Crippen LogP contribution >= 0.6 is 0 Å². The zero-order chi connectivity index (χ0) is 21.5. The fourth-order valence-electron chi connectivity index (χ4n) is 3.49. The number of piperidine rings is 1. The van der Waals surface area contributed by atoms with Gasteiger partial charge in [0.15, 0.2) is 0 Å². The van der Waals surface area contributed by atoms with Gasteiger partial charge in [-0.15, -0.1) is 0 Å². The SMILES string of the molecule is Cc1ccc(NC(=O)NCC2CCCN(C(=O)CNC(=O)c3ccoc3C)C2)cc1. The zero-order valence-electron chi connectivity index (χ0n) is 17.4. The highest BCUT2D eigenvalue weighted by atomic mass is 16.3. The molecule has 3 rings (SSSR count). The van der Waals surface area contributed by atoms with Gasteiger partial charge in [-0.1, -0.05) is 17.7 Å². The summed E-state index contributed by atoms with van der Waals surface area (Å²) in [5.41, 5.74) is 2.30. The van der Waals surface area contributed by atoms with Crippen molar-refractivity contribution < 1.29 is 18.8 Å². The van der Waals surface area contributed by atoms with Crippen LogP contribution in [0.4, 0.5) is 10.5 Å². The first-order valence-electron chi connectivity index (χ1n) is 10.1. The van der Waals surface area contributed by atoms with Crippen LogP contribution in [0.5, 0.6) is 0 Å². The molecule has 160 valence electrons. The summed E-state index contributed by atoms with van der Waals surface area (Å²) < 4.78 is 5.12. The summed E-state index contributed by atoms with van der Waals surface area (Å²) in [5, 5.41) is 8.34. The number of nitrogens with zero attached hydrogens (tertiary/aromatic N) is 1. The molecule has 2 heterocycles. The third kappa shape index (κ3) is 5.85.